The highest BCUT2D eigenvalue weighted by Gasteiger charge is 2.31. The summed E-state index contributed by atoms with van der Waals surface area (Å²) in [6.45, 7) is 3.45. The predicted octanol–water partition coefficient (Wildman–Crippen LogP) is 0.968. The second-order valence-corrected chi connectivity index (χ2v) is 4.46. The Balaban J connectivity index is 2.19. The molecule has 1 saturated heterocycles. The third-order valence-corrected chi connectivity index (χ3v) is 2.98. The Morgan fingerprint density at radius 3 is 2.93 bits per heavy atom. The number of phenols is 1. The standard InChI is InChI=1S/C12H17NO2/c1-9-2-3-11(14)10(6-9)7-12(15)4-5-13-8-12/h2-3,6,13-15H,4-5,7-8H2,1H3. The molecule has 1 aliphatic heterocycles. The van der Waals surface area contributed by atoms with E-state index in [2.05, 4.69) is 5.32 Å². The minimum absolute atomic E-state index is 0.279. The first-order chi connectivity index (χ1) is 7.09. The number of benzene rings is 1. The van der Waals surface area contributed by atoms with Gasteiger partial charge in [0, 0.05) is 13.0 Å². The first-order valence-electron chi connectivity index (χ1n) is 5.31. The van der Waals surface area contributed by atoms with E-state index in [0.717, 1.165) is 24.1 Å². The number of hydrogen-bond acceptors (Lipinski definition) is 3. The van der Waals surface area contributed by atoms with Crippen molar-refractivity contribution in [1.29, 1.82) is 0 Å². The topological polar surface area (TPSA) is 52.5 Å². The highest BCUT2D eigenvalue weighted by atomic mass is 16.3. The molecule has 1 aromatic carbocycles. The third-order valence-electron chi connectivity index (χ3n) is 2.98. The van der Waals surface area contributed by atoms with Crippen molar-refractivity contribution in [1.82, 2.24) is 5.32 Å². The highest BCUT2D eigenvalue weighted by molar-refractivity contribution is 5.36. The van der Waals surface area contributed by atoms with Crippen LogP contribution in [0, 0.1) is 6.92 Å². The molecule has 3 heteroatoms. The number of rotatable bonds is 2. The Morgan fingerprint density at radius 2 is 2.27 bits per heavy atom. The summed E-state index contributed by atoms with van der Waals surface area (Å²) in [5.41, 5.74) is 1.25. The number of aliphatic hydroxyl groups is 1. The summed E-state index contributed by atoms with van der Waals surface area (Å²) in [6.07, 6.45) is 1.27. The van der Waals surface area contributed by atoms with Crippen molar-refractivity contribution >= 4 is 0 Å². The quantitative estimate of drug-likeness (QED) is 0.677. The number of phenolic OH excluding ortho intramolecular Hbond substituents is 1. The van der Waals surface area contributed by atoms with Gasteiger partial charge in [0.15, 0.2) is 0 Å². The smallest absolute Gasteiger partial charge is 0.118 e. The molecular formula is C12H17NO2. The average Bonchev–Trinajstić information content (AvgIpc) is 2.59. The lowest BCUT2D eigenvalue weighted by Gasteiger charge is -2.21. The summed E-state index contributed by atoms with van der Waals surface area (Å²) >= 11 is 0. The minimum atomic E-state index is -0.689. The van der Waals surface area contributed by atoms with Gasteiger partial charge in [-0.1, -0.05) is 17.7 Å². The maximum absolute atomic E-state index is 10.2. The zero-order valence-corrected chi connectivity index (χ0v) is 8.95. The van der Waals surface area contributed by atoms with Crippen LogP contribution in [0.5, 0.6) is 5.75 Å². The molecule has 0 spiro atoms. The van der Waals surface area contributed by atoms with Crippen LogP contribution in [0.1, 0.15) is 17.5 Å². The summed E-state index contributed by atoms with van der Waals surface area (Å²) in [7, 11) is 0. The fourth-order valence-corrected chi connectivity index (χ4v) is 2.09. The maximum Gasteiger partial charge on any atom is 0.118 e. The van der Waals surface area contributed by atoms with E-state index in [4.69, 9.17) is 0 Å². The summed E-state index contributed by atoms with van der Waals surface area (Å²) in [4.78, 5) is 0. The number of nitrogens with one attached hydrogen (secondary N) is 1. The van der Waals surface area contributed by atoms with Crippen LogP contribution in [0.4, 0.5) is 0 Å². The van der Waals surface area contributed by atoms with E-state index < -0.39 is 5.60 Å². The van der Waals surface area contributed by atoms with E-state index in [0.29, 0.717) is 13.0 Å². The van der Waals surface area contributed by atoms with Gasteiger partial charge in [0.1, 0.15) is 5.75 Å². The summed E-state index contributed by atoms with van der Waals surface area (Å²) < 4.78 is 0. The minimum Gasteiger partial charge on any atom is -0.508 e. The van der Waals surface area contributed by atoms with Crippen LogP contribution in [-0.4, -0.2) is 28.9 Å². The molecule has 82 valence electrons. The summed E-state index contributed by atoms with van der Waals surface area (Å²) in [6, 6.07) is 5.50. The molecule has 0 aliphatic carbocycles. The third kappa shape index (κ3) is 2.30. The van der Waals surface area contributed by atoms with E-state index in [9.17, 15) is 10.2 Å². The second kappa shape index (κ2) is 3.83. The lowest BCUT2D eigenvalue weighted by Crippen LogP contribution is -2.33. The number of β-amino-alcohol motifs (C(OH)–C–C–N with tert-alkyl or cyclic N) is 1. The Hall–Kier alpha value is -1.06. The molecule has 1 heterocycles. The van der Waals surface area contributed by atoms with Crippen molar-refractivity contribution in [3.8, 4) is 5.75 Å². The molecule has 1 atom stereocenters. The van der Waals surface area contributed by atoms with Gasteiger partial charge < -0.3 is 15.5 Å². The molecule has 15 heavy (non-hydrogen) atoms. The Labute approximate surface area is 89.8 Å². The van der Waals surface area contributed by atoms with Crippen LogP contribution in [0.25, 0.3) is 0 Å². The first-order valence-corrected chi connectivity index (χ1v) is 5.31. The molecule has 2 rings (SSSR count). The molecule has 0 radical (unpaired) electrons. The molecule has 0 saturated carbocycles. The van der Waals surface area contributed by atoms with Crippen molar-refractivity contribution in [2.75, 3.05) is 13.1 Å². The van der Waals surface area contributed by atoms with Crippen molar-refractivity contribution in [3.63, 3.8) is 0 Å². The highest BCUT2D eigenvalue weighted by Crippen LogP contribution is 2.26. The molecule has 0 bridgehead atoms. The zero-order valence-electron chi connectivity index (χ0n) is 8.95. The van der Waals surface area contributed by atoms with Gasteiger partial charge in [0.25, 0.3) is 0 Å². The van der Waals surface area contributed by atoms with Crippen LogP contribution in [0.3, 0.4) is 0 Å². The number of aryl methyl sites for hydroxylation is 1. The van der Waals surface area contributed by atoms with E-state index >= 15 is 0 Å². The molecule has 1 aliphatic rings. The van der Waals surface area contributed by atoms with E-state index in [1.165, 1.54) is 0 Å². The fraction of sp³-hybridized carbons (Fsp3) is 0.500. The zero-order chi connectivity index (χ0) is 10.9. The van der Waals surface area contributed by atoms with Gasteiger partial charge in [0.2, 0.25) is 0 Å². The molecule has 0 aromatic heterocycles. The molecule has 3 nitrogen and oxygen atoms in total. The summed E-state index contributed by atoms with van der Waals surface area (Å²) in [5.74, 6) is 0.279. The Bertz CT molecular complexity index is 357. The maximum atomic E-state index is 10.2. The van der Waals surface area contributed by atoms with Crippen LogP contribution in [0.15, 0.2) is 18.2 Å². The first kappa shape index (κ1) is 10.5. The van der Waals surface area contributed by atoms with Crippen molar-refractivity contribution in [2.45, 2.75) is 25.4 Å². The second-order valence-electron chi connectivity index (χ2n) is 4.46. The number of hydrogen-bond donors (Lipinski definition) is 3. The lowest BCUT2D eigenvalue weighted by molar-refractivity contribution is 0.0612. The largest absolute Gasteiger partial charge is 0.508 e. The SMILES string of the molecule is Cc1ccc(O)c(CC2(O)CCNC2)c1. The average molecular weight is 207 g/mol. The summed E-state index contributed by atoms with van der Waals surface area (Å²) in [5, 5.41) is 23.0. The van der Waals surface area contributed by atoms with Gasteiger partial charge in [-0.2, -0.15) is 0 Å². The van der Waals surface area contributed by atoms with E-state index in [1.54, 1.807) is 6.07 Å². The monoisotopic (exact) mass is 207 g/mol. The molecule has 1 unspecified atom stereocenters. The van der Waals surface area contributed by atoms with Gasteiger partial charge >= 0.3 is 0 Å². The Morgan fingerprint density at radius 1 is 1.47 bits per heavy atom. The van der Waals surface area contributed by atoms with Gasteiger partial charge in [-0.25, -0.2) is 0 Å². The molecule has 1 fully saturated rings. The van der Waals surface area contributed by atoms with E-state index in [-0.39, 0.29) is 5.75 Å². The van der Waals surface area contributed by atoms with E-state index in [1.807, 2.05) is 19.1 Å². The molecular weight excluding hydrogens is 190 g/mol. The van der Waals surface area contributed by atoms with Crippen molar-refractivity contribution in [3.05, 3.63) is 29.3 Å². The molecule has 1 aromatic rings. The predicted molar refractivity (Wildman–Crippen MR) is 59.0 cm³/mol. The van der Waals surface area contributed by atoms with Crippen LogP contribution in [-0.2, 0) is 6.42 Å². The van der Waals surface area contributed by atoms with Gasteiger partial charge in [-0.05, 0) is 31.5 Å². The molecule has 0 amide bonds. The lowest BCUT2D eigenvalue weighted by atomic mass is 9.92. The molecule has 3 N–H and O–H groups in total. The van der Waals surface area contributed by atoms with Crippen LogP contribution < -0.4 is 5.32 Å². The van der Waals surface area contributed by atoms with Gasteiger partial charge in [0.05, 0.1) is 5.60 Å². The van der Waals surface area contributed by atoms with Crippen LogP contribution >= 0.6 is 0 Å². The Kier molecular flexibility index (Phi) is 2.67. The number of aromatic hydroxyl groups is 1. The van der Waals surface area contributed by atoms with Crippen molar-refractivity contribution < 1.29 is 10.2 Å². The van der Waals surface area contributed by atoms with Gasteiger partial charge in [-0.15, -0.1) is 0 Å². The van der Waals surface area contributed by atoms with Gasteiger partial charge in [-0.3, -0.25) is 0 Å². The normalized spacial score (nSPS) is 25.7. The van der Waals surface area contributed by atoms with Crippen LogP contribution in [0.2, 0.25) is 0 Å². The van der Waals surface area contributed by atoms with Crippen molar-refractivity contribution in [2.24, 2.45) is 0 Å². The fourth-order valence-electron chi connectivity index (χ4n) is 2.09.